The number of nitrogens with zero attached hydrogens (tertiary/aromatic N) is 1. The van der Waals surface area contributed by atoms with Crippen LogP contribution in [0.4, 0.5) is 0 Å². The molecule has 0 aromatic rings. The van der Waals surface area contributed by atoms with E-state index in [2.05, 4.69) is 11.5 Å². The predicted molar refractivity (Wildman–Crippen MR) is 54.4 cm³/mol. The van der Waals surface area contributed by atoms with Crippen molar-refractivity contribution in [3.05, 3.63) is 12.2 Å². The molecule has 2 unspecified atom stereocenters. The SMILES string of the molecule is C=C(CN)CN1CCC(C(C)O)C1. The molecular weight excluding hydrogens is 164 g/mol. The molecule has 0 amide bonds. The maximum atomic E-state index is 9.39. The molecule has 3 N–H and O–H groups in total. The maximum absolute atomic E-state index is 9.39. The molecule has 0 bridgehead atoms. The van der Waals surface area contributed by atoms with Gasteiger partial charge in [0.2, 0.25) is 0 Å². The van der Waals surface area contributed by atoms with Gasteiger partial charge in [0.15, 0.2) is 0 Å². The first kappa shape index (κ1) is 10.7. The molecule has 0 aliphatic carbocycles. The van der Waals surface area contributed by atoms with E-state index in [0.717, 1.165) is 31.6 Å². The van der Waals surface area contributed by atoms with Crippen LogP contribution in [-0.2, 0) is 0 Å². The Bertz CT molecular complexity index is 180. The lowest BCUT2D eigenvalue weighted by atomic mass is 10.0. The van der Waals surface area contributed by atoms with Crippen molar-refractivity contribution in [1.29, 1.82) is 0 Å². The molecule has 3 heteroatoms. The molecule has 1 saturated heterocycles. The topological polar surface area (TPSA) is 49.5 Å². The highest BCUT2D eigenvalue weighted by Crippen LogP contribution is 2.19. The highest BCUT2D eigenvalue weighted by Gasteiger charge is 2.25. The number of hydrogen-bond donors (Lipinski definition) is 2. The lowest BCUT2D eigenvalue weighted by molar-refractivity contribution is 0.128. The molecule has 2 atom stereocenters. The Morgan fingerprint density at radius 1 is 1.77 bits per heavy atom. The number of aliphatic hydroxyl groups is 1. The summed E-state index contributed by atoms with van der Waals surface area (Å²) >= 11 is 0. The second-order valence-electron chi connectivity index (χ2n) is 3.98. The zero-order chi connectivity index (χ0) is 9.84. The molecule has 13 heavy (non-hydrogen) atoms. The van der Waals surface area contributed by atoms with Gasteiger partial charge >= 0.3 is 0 Å². The van der Waals surface area contributed by atoms with Crippen molar-refractivity contribution in [3.63, 3.8) is 0 Å². The number of hydrogen-bond acceptors (Lipinski definition) is 3. The van der Waals surface area contributed by atoms with Crippen LogP contribution in [0.2, 0.25) is 0 Å². The summed E-state index contributed by atoms with van der Waals surface area (Å²) in [6.45, 7) is 9.25. The molecule has 1 aliphatic rings. The standard InChI is InChI=1S/C10H20N2O/c1-8(5-11)6-12-4-3-10(7-12)9(2)13/h9-10,13H,1,3-7,11H2,2H3. The zero-order valence-corrected chi connectivity index (χ0v) is 8.37. The average molecular weight is 184 g/mol. The normalized spacial score (nSPS) is 26.2. The van der Waals surface area contributed by atoms with Crippen LogP contribution >= 0.6 is 0 Å². The molecule has 0 spiro atoms. The Labute approximate surface area is 80.2 Å². The van der Waals surface area contributed by atoms with Crippen LogP contribution < -0.4 is 5.73 Å². The van der Waals surface area contributed by atoms with Crippen LogP contribution in [-0.4, -0.2) is 42.3 Å². The number of rotatable bonds is 4. The van der Waals surface area contributed by atoms with Crippen molar-refractivity contribution in [2.75, 3.05) is 26.2 Å². The van der Waals surface area contributed by atoms with Crippen LogP contribution in [0.3, 0.4) is 0 Å². The van der Waals surface area contributed by atoms with E-state index in [1.807, 2.05) is 6.92 Å². The van der Waals surface area contributed by atoms with Crippen molar-refractivity contribution in [3.8, 4) is 0 Å². The first-order valence-corrected chi connectivity index (χ1v) is 4.90. The largest absolute Gasteiger partial charge is 0.393 e. The van der Waals surface area contributed by atoms with Gasteiger partial charge in [-0.15, -0.1) is 0 Å². The minimum absolute atomic E-state index is 0.184. The zero-order valence-electron chi connectivity index (χ0n) is 8.37. The van der Waals surface area contributed by atoms with Crippen LogP contribution in [0.25, 0.3) is 0 Å². The van der Waals surface area contributed by atoms with Crippen molar-refractivity contribution >= 4 is 0 Å². The Kier molecular flexibility index (Phi) is 3.90. The third kappa shape index (κ3) is 3.10. The fraction of sp³-hybridized carbons (Fsp3) is 0.800. The molecule has 1 aliphatic heterocycles. The summed E-state index contributed by atoms with van der Waals surface area (Å²) < 4.78 is 0. The fourth-order valence-electron chi connectivity index (χ4n) is 1.78. The molecule has 0 aromatic heterocycles. The summed E-state index contributed by atoms with van der Waals surface area (Å²) in [5, 5.41) is 9.39. The third-order valence-corrected chi connectivity index (χ3v) is 2.73. The number of aliphatic hydroxyl groups excluding tert-OH is 1. The quantitative estimate of drug-likeness (QED) is 0.614. The molecule has 0 saturated carbocycles. The highest BCUT2D eigenvalue weighted by atomic mass is 16.3. The summed E-state index contributed by atoms with van der Waals surface area (Å²) in [6.07, 6.45) is 0.909. The van der Waals surface area contributed by atoms with Gasteiger partial charge in [-0.25, -0.2) is 0 Å². The van der Waals surface area contributed by atoms with Crippen LogP contribution in [0.5, 0.6) is 0 Å². The number of likely N-dealkylation sites (tertiary alicyclic amines) is 1. The van der Waals surface area contributed by atoms with Gasteiger partial charge in [0.05, 0.1) is 6.10 Å². The van der Waals surface area contributed by atoms with Crippen molar-refractivity contribution in [1.82, 2.24) is 4.90 Å². The Morgan fingerprint density at radius 3 is 2.92 bits per heavy atom. The van der Waals surface area contributed by atoms with Gasteiger partial charge in [-0.1, -0.05) is 6.58 Å². The molecule has 1 heterocycles. The van der Waals surface area contributed by atoms with E-state index in [-0.39, 0.29) is 6.10 Å². The molecule has 76 valence electrons. The van der Waals surface area contributed by atoms with Crippen molar-refractivity contribution in [2.24, 2.45) is 11.7 Å². The maximum Gasteiger partial charge on any atom is 0.0552 e. The van der Waals surface area contributed by atoms with Crippen molar-refractivity contribution in [2.45, 2.75) is 19.4 Å². The van der Waals surface area contributed by atoms with Gasteiger partial charge in [0.25, 0.3) is 0 Å². The molecule has 0 radical (unpaired) electrons. The molecule has 0 aromatic carbocycles. The average Bonchev–Trinajstić information content (AvgIpc) is 2.52. The Balaban J connectivity index is 2.29. The van der Waals surface area contributed by atoms with Gasteiger partial charge in [0, 0.05) is 19.6 Å². The van der Waals surface area contributed by atoms with Gasteiger partial charge in [-0.2, -0.15) is 0 Å². The molecular formula is C10H20N2O. The van der Waals surface area contributed by atoms with Gasteiger partial charge in [0.1, 0.15) is 0 Å². The van der Waals surface area contributed by atoms with E-state index in [0.29, 0.717) is 12.5 Å². The van der Waals surface area contributed by atoms with Gasteiger partial charge in [-0.3, -0.25) is 4.90 Å². The van der Waals surface area contributed by atoms with Crippen molar-refractivity contribution < 1.29 is 5.11 Å². The van der Waals surface area contributed by atoms with Crippen LogP contribution in [0, 0.1) is 5.92 Å². The highest BCUT2D eigenvalue weighted by molar-refractivity contribution is 5.00. The second kappa shape index (κ2) is 4.74. The fourth-order valence-corrected chi connectivity index (χ4v) is 1.78. The lowest BCUT2D eigenvalue weighted by Gasteiger charge is -2.17. The summed E-state index contributed by atoms with van der Waals surface area (Å²) in [4.78, 5) is 2.31. The molecule has 1 fully saturated rings. The van der Waals surface area contributed by atoms with E-state index in [1.165, 1.54) is 0 Å². The smallest absolute Gasteiger partial charge is 0.0552 e. The summed E-state index contributed by atoms with van der Waals surface area (Å²) in [6, 6.07) is 0. The summed E-state index contributed by atoms with van der Waals surface area (Å²) in [7, 11) is 0. The van der Waals surface area contributed by atoms with Crippen LogP contribution in [0.1, 0.15) is 13.3 Å². The van der Waals surface area contributed by atoms with E-state index >= 15 is 0 Å². The molecule has 1 rings (SSSR count). The first-order chi connectivity index (χ1) is 6.13. The Morgan fingerprint density at radius 2 is 2.46 bits per heavy atom. The second-order valence-corrected chi connectivity index (χ2v) is 3.98. The number of nitrogens with two attached hydrogens (primary N) is 1. The van der Waals surface area contributed by atoms with Gasteiger partial charge in [-0.05, 0) is 31.4 Å². The van der Waals surface area contributed by atoms with E-state index in [1.54, 1.807) is 0 Å². The summed E-state index contributed by atoms with van der Waals surface area (Å²) in [5.41, 5.74) is 6.54. The van der Waals surface area contributed by atoms with Gasteiger partial charge < -0.3 is 10.8 Å². The minimum atomic E-state index is -0.184. The molecule has 3 nitrogen and oxygen atoms in total. The minimum Gasteiger partial charge on any atom is -0.393 e. The summed E-state index contributed by atoms with van der Waals surface area (Å²) in [5.74, 6) is 0.436. The van der Waals surface area contributed by atoms with E-state index in [4.69, 9.17) is 5.73 Å². The third-order valence-electron chi connectivity index (χ3n) is 2.73. The van der Waals surface area contributed by atoms with Crippen LogP contribution in [0.15, 0.2) is 12.2 Å². The van der Waals surface area contributed by atoms with E-state index in [9.17, 15) is 5.11 Å². The van der Waals surface area contributed by atoms with E-state index < -0.39 is 0 Å². The lowest BCUT2D eigenvalue weighted by Crippen LogP contribution is -2.27. The Hall–Kier alpha value is -0.380. The monoisotopic (exact) mass is 184 g/mol. The predicted octanol–water partition coefficient (Wildman–Crippen LogP) is 0.204. The first-order valence-electron chi connectivity index (χ1n) is 4.90.